The van der Waals surface area contributed by atoms with Gasteiger partial charge in [0.1, 0.15) is 0 Å². The molecule has 0 aromatic carbocycles. The third-order valence-electron chi connectivity index (χ3n) is 11.6. The molecule has 0 fully saturated rings. The molecule has 332 valence electrons. The van der Waals surface area contributed by atoms with E-state index in [0.717, 1.165) is 51.4 Å². The Kier molecular flexibility index (Phi) is 45.1. The lowest BCUT2D eigenvalue weighted by atomic mass is 10.0. The molecule has 6 nitrogen and oxygen atoms in total. The summed E-state index contributed by atoms with van der Waals surface area (Å²) < 4.78 is 5.45. The van der Waals surface area contributed by atoms with Crippen LogP contribution in [-0.4, -0.2) is 47.4 Å². The number of amides is 1. The molecule has 1 amide bonds. The molecule has 2 atom stereocenters. The van der Waals surface area contributed by atoms with Crippen molar-refractivity contribution in [3.63, 3.8) is 0 Å². The van der Waals surface area contributed by atoms with Crippen molar-refractivity contribution in [2.24, 2.45) is 0 Å². The number of allylic oxidation sites excluding steroid dienone is 2. The van der Waals surface area contributed by atoms with Gasteiger partial charge in [0, 0.05) is 12.8 Å². The Morgan fingerprint density at radius 1 is 0.482 bits per heavy atom. The van der Waals surface area contributed by atoms with Crippen molar-refractivity contribution in [3.8, 4) is 0 Å². The Morgan fingerprint density at radius 3 is 1.27 bits per heavy atom. The zero-order valence-electron chi connectivity index (χ0n) is 37.6. The molecule has 0 aromatic rings. The van der Waals surface area contributed by atoms with Crippen LogP contribution in [0.2, 0.25) is 0 Å². The van der Waals surface area contributed by atoms with Crippen molar-refractivity contribution >= 4 is 11.9 Å². The number of aliphatic hydroxyl groups excluding tert-OH is 2. The molecule has 56 heavy (non-hydrogen) atoms. The van der Waals surface area contributed by atoms with Crippen LogP contribution in [0, 0.1) is 0 Å². The SMILES string of the molecule is CCCCCCCCCCCCCCCC(=O)OCCCCCCCC/C=C\CCCCCCCCCC(=O)NC(CO)C(O)CCCCCCCCCCC. The van der Waals surface area contributed by atoms with E-state index in [-0.39, 0.29) is 18.5 Å². The molecule has 6 heteroatoms. The molecule has 0 rings (SSSR count). The van der Waals surface area contributed by atoms with Gasteiger partial charge in [0.05, 0.1) is 25.4 Å². The molecule has 0 aromatic heterocycles. The number of carbonyl (C=O) groups excluding carboxylic acids is 2. The first-order chi connectivity index (χ1) is 27.5. The lowest BCUT2D eigenvalue weighted by molar-refractivity contribution is -0.143. The van der Waals surface area contributed by atoms with Crippen LogP contribution < -0.4 is 5.32 Å². The number of esters is 1. The molecule has 2 unspecified atom stereocenters. The molecule has 0 radical (unpaired) electrons. The van der Waals surface area contributed by atoms with Crippen LogP contribution in [0.3, 0.4) is 0 Å². The van der Waals surface area contributed by atoms with Crippen molar-refractivity contribution < 1.29 is 24.5 Å². The molecule has 0 bridgehead atoms. The van der Waals surface area contributed by atoms with E-state index in [0.29, 0.717) is 25.9 Å². The van der Waals surface area contributed by atoms with E-state index in [1.807, 2.05) is 0 Å². The summed E-state index contributed by atoms with van der Waals surface area (Å²) in [4.78, 5) is 24.4. The van der Waals surface area contributed by atoms with E-state index in [9.17, 15) is 19.8 Å². The lowest BCUT2D eigenvalue weighted by Gasteiger charge is -2.22. The van der Waals surface area contributed by atoms with Crippen LogP contribution in [-0.2, 0) is 14.3 Å². The predicted molar refractivity (Wildman–Crippen MR) is 241 cm³/mol. The molecule has 0 aliphatic carbocycles. The zero-order chi connectivity index (χ0) is 40.8. The van der Waals surface area contributed by atoms with Crippen molar-refractivity contribution in [2.75, 3.05) is 13.2 Å². The first kappa shape index (κ1) is 54.6. The molecular weight excluding hydrogens is 695 g/mol. The summed E-state index contributed by atoms with van der Waals surface area (Å²) in [6, 6.07) is -0.547. The van der Waals surface area contributed by atoms with Gasteiger partial charge in [0.25, 0.3) is 0 Å². The highest BCUT2D eigenvalue weighted by Gasteiger charge is 2.20. The topological polar surface area (TPSA) is 95.9 Å². The fourth-order valence-electron chi connectivity index (χ4n) is 7.69. The van der Waals surface area contributed by atoms with Crippen LogP contribution in [0.15, 0.2) is 12.2 Å². The highest BCUT2D eigenvalue weighted by atomic mass is 16.5. The number of unbranched alkanes of at least 4 members (excludes halogenated alkanes) is 33. The van der Waals surface area contributed by atoms with E-state index < -0.39 is 12.1 Å². The second-order valence-corrected chi connectivity index (χ2v) is 17.1. The molecule has 3 N–H and O–H groups in total. The van der Waals surface area contributed by atoms with Gasteiger partial charge in [-0.05, 0) is 51.4 Å². The minimum absolute atomic E-state index is 0.000610. The number of carbonyl (C=O) groups is 2. The van der Waals surface area contributed by atoms with Gasteiger partial charge < -0.3 is 20.3 Å². The Labute approximate surface area is 349 Å². The fraction of sp³-hybridized carbons (Fsp3) is 0.920. The van der Waals surface area contributed by atoms with E-state index in [1.165, 1.54) is 186 Å². The van der Waals surface area contributed by atoms with Crippen LogP contribution in [0.1, 0.15) is 271 Å². The highest BCUT2D eigenvalue weighted by Crippen LogP contribution is 2.16. The standard InChI is InChI=1S/C50H97NO5/c1-3-5-7-9-11-13-14-20-24-28-32-36-40-44-50(55)56-45-41-37-33-29-25-22-19-17-15-16-18-21-23-27-31-35-39-43-49(54)51-47(46-52)48(53)42-38-34-30-26-12-10-8-6-4-2/h15,17,47-48,52-53H,3-14,16,18-46H2,1-2H3,(H,51,54)/b17-15-. The van der Waals surface area contributed by atoms with Crippen LogP contribution in [0.4, 0.5) is 0 Å². The van der Waals surface area contributed by atoms with Crippen LogP contribution in [0.25, 0.3) is 0 Å². The van der Waals surface area contributed by atoms with Gasteiger partial charge >= 0.3 is 5.97 Å². The normalized spacial score (nSPS) is 12.7. The maximum Gasteiger partial charge on any atom is 0.305 e. The molecule has 0 aliphatic heterocycles. The average molecular weight is 792 g/mol. The van der Waals surface area contributed by atoms with E-state index in [2.05, 4.69) is 31.3 Å². The van der Waals surface area contributed by atoms with Gasteiger partial charge in [-0.15, -0.1) is 0 Å². The Morgan fingerprint density at radius 2 is 0.839 bits per heavy atom. The van der Waals surface area contributed by atoms with E-state index in [4.69, 9.17) is 4.74 Å². The Hall–Kier alpha value is -1.40. The number of ether oxygens (including phenoxy) is 1. The van der Waals surface area contributed by atoms with Gasteiger partial charge in [0.15, 0.2) is 0 Å². The molecular formula is C50H97NO5. The number of rotatable bonds is 46. The van der Waals surface area contributed by atoms with E-state index >= 15 is 0 Å². The summed E-state index contributed by atoms with van der Waals surface area (Å²) in [7, 11) is 0. The fourth-order valence-corrected chi connectivity index (χ4v) is 7.69. The molecule has 0 aliphatic rings. The van der Waals surface area contributed by atoms with Crippen molar-refractivity contribution in [2.45, 2.75) is 283 Å². The van der Waals surface area contributed by atoms with Gasteiger partial charge in [0.2, 0.25) is 5.91 Å². The van der Waals surface area contributed by atoms with Gasteiger partial charge in [-0.1, -0.05) is 219 Å². The first-order valence-electron chi connectivity index (χ1n) is 24.9. The molecule has 0 saturated heterocycles. The second-order valence-electron chi connectivity index (χ2n) is 17.1. The van der Waals surface area contributed by atoms with Crippen LogP contribution in [0.5, 0.6) is 0 Å². The van der Waals surface area contributed by atoms with Gasteiger partial charge in [-0.2, -0.15) is 0 Å². The van der Waals surface area contributed by atoms with Gasteiger partial charge in [-0.25, -0.2) is 0 Å². The number of nitrogens with one attached hydrogen (secondary N) is 1. The summed E-state index contributed by atoms with van der Waals surface area (Å²) in [5.74, 6) is -0.0500. The van der Waals surface area contributed by atoms with Crippen molar-refractivity contribution in [3.05, 3.63) is 12.2 Å². The van der Waals surface area contributed by atoms with Gasteiger partial charge in [-0.3, -0.25) is 9.59 Å². The molecule has 0 saturated carbocycles. The Bertz CT molecular complexity index is 832. The van der Waals surface area contributed by atoms with Crippen molar-refractivity contribution in [1.82, 2.24) is 5.32 Å². The quantitative estimate of drug-likeness (QED) is 0.0324. The minimum Gasteiger partial charge on any atom is -0.466 e. The van der Waals surface area contributed by atoms with Crippen LogP contribution >= 0.6 is 0 Å². The zero-order valence-corrected chi connectivity index (χ0v) is 37.6. The average Bonchev–Trinajstić information content (AvgIpc) is 3.20. The lowest BCUT2D eigenvalue weighted by Crippen LogP contribution is -2.45. The number of aliphatic hydroxyl groups is 2. The highest BCUT2D eigenvalue weighted by molar-refractivity contribution is 5.76. The Balaban J connectivity index is 3.43. The largest absolute Gasteiger partial charge is 0.466 e. The maximum atomic E-state index is 12.4. The summed E-state index contributed by atoms with van der Waals surface area (Å²) in [6.07, 6.45) is 51.8. The summed E-state index contributed by atoms with van der Waals surface area (Å²) >= 11 is 0. The smallest absolute Gasteiger partial charge is 0.305 e. The third-order valence-corrected chi connectivity index (χ3v) is 11.6. The molecule has 0 spiro atoms. The summed E-state index contributed by atoms with van der Waals surface area (Å²) in [6.45, 7) is 4.91. The first-order valence-corrected chi connectivity index (χ1v) is 24.9. The van der Waals surface area contributed by atoms with E-state index in [1.54, 1.807) is 0 Å². The monoisotopic (exact) mass is 792 g/mol. The second kappa shape index (κ2) is 46.3. The minimum atomic E-state index is -0.668. The van der Waals surface area contributed by atoms with Crippen molar-refractivity contribution in [1.29, 1.82) is 0 Å². The third kappa shape index (κ3) is 42.2. The summed E-state index contributed by atoms with van der Waals surface area (Å²) in [5.41, 5.74) is 0. The predicted octanol–water partition coefficient (Wildman–Crippen LogP) is 14.6. The number of hydrogen-bond donors (Lipinski definition) is 3. The maximum absolute atomic E-state index is 12.4. The number of hydrogen-bond acceptors (Lipinski definition) is 5. The summed E-state index contributed by atoms with van der Waals surface area (Å²) in [5, 5.41) is 23.0. The molecule has 0 heterocycles.